The first-order valence-electron chi connectivity index (χ1n) is 5.77. The number of hydrogen-bond acceptors (Lipinski definition) is 2. The Hall–Kier alpha value is -1.94. The summed E-state index contributed by atoms with van der Waals surface area (Å²) in [4.78, 5) is 0.0755. The van der Waals surface area contributed by atoms with E-state index in [1.807, 2.05) is 6.07 Å². The maximum absolute atomic E-state index is 14.3. The van der Waals surface area contributed by atoms with Gasteiger partial charge >= 0.3 is 0 Å². The molecule has 2 nitrogen and oxygen atoms in total. The van der Waals surface area contributed by atoms with Crippen LogP contribution in [0, 0.1) is 0 Å². The van der Waals surface area contributed by atoms with Crippen LogP contribution in [0.2, 0.25) is 0 Å². The highest BCUT2D eigenvalue weighted by atomic mass is 32.3. The Kier molecular flexibility index (Phi) is 3.81. The van der Waals surface area contributed by atoms with Crippen molar-refractivity contribution in [1.82, 2.24) is 0 Å². The topological polar surface area (TPSA) is 29.4 Å². The minimum atomic E-state index is -3.94. The Morgan fingerprint density at radius 2 is 1.68 bits per heavy atom. The average molecular weight is 275 g/mol. The van der Waals surface area contributed by atoms with Gasteiger partial charge in [0.2, 0.25) is 10.1 Å². The zero-order valence-corrected chi connectivity index (χ0v) is 11.4. The molecule has 0 aromatic heterocycles. The van der Waals surface area contributed by atoms with Gasteiger partial charge in [-0.25, -0.2) is 4.21 Å². The van der Waals surface area contributed by atoms with Crippen molar-refractivity contribution in [3.05, 3.63) is 66.7 Å². The van der Waals surface area contributed by atoms with E-state index in [0.29, 0.717) is 11.3 Å². The van der Waals surface area contributed by atoms with Crippen LogP contribution in [0.25, 0.3) is 5.57 Å². The van der Waals surface area contributed by atoms with Crippen LogP contribution in [-0.4, -0.2) is 4.21 Å². The van der Waals surface area contributed by atoms with Crippen molar-refractivity contribution in [3.8, 4) is 0 Å². The molecule has 1 unspecified atom stereocenters. The third-order valence-corrected chi connectivity index (χ3v) is 3.90. The zero-order valence-electron chi connectivity index (χ0n) is 10.5. The summed E-state index contributed by atoms with van der Waals surface area (Å²) in [5, 5.41) is 0. The number of halogens is 1. The van der Waals surface area contributed by atoms with Crippen molar-refractivity contribution >= 4 is 21.4 Å². The smallest absolute Gasteiger partial charge is 0.211 e. The fraction of sp³-hybridized carbons (Fsp3) is 0.0667. The molecule has 2 aromatic rings. The van der Waals surface area contributed by atoms with Crippen LogP contribution in [0.1, 0.15) is 12.5 Å². The molecule has 0 spiro atoms. The maximum Gasteiger partial charge on any atom is 0.235 e. The average Bonchev–Trinajstić information content (AvgIpc) is 2.39. The van der Waals surface area contributed by atoms with Gasteiger partial charge in [-0.15, -0.1) is 3.89 Å². The van der Waals surface area contributed by atoms with E-state index in [1.54, 1.807) is 43.3 Å². The third-order valence-electron chi connectivity index (χ3n) is 2.61. The van der Waals surface area contributed by atoms with E-state index < -0.39 is 10.1 Å². The second-order valence-electron chi connectivity index (χ2n) is 4.16. The largest absolute Gasteiger partial charge is 0.235 e. The Bertz CT molecular complexity index is 716. The predicted molar refractivity (Wildman–Crippen MR) is 77.2 cm³/mol. The molecule has 2 aromatic carbocycles. The zero-order chi connectivity index (χ0) is 13.9. The molecule has 0 bridgehead atoms. The van der Waals surface area contributed by atoms with Crippen molar-refractivity contribution in [2.24, 2.45) is 4.36 Å². The summed E-state index contributed by atoms with van der Waals surface area (Å²) in [5.74, 6) is 0. The number of allylic oxidation sites excluding steroid dienone is 1. The molecule has 2 rings (SSSR count). The van der Waals surface area contributed by atoms with Gasteiger partial charge in [-0.1, -0.05) is 43.0 Å². The Balaban J connectivity index is 2.59. The predicted octanol–water partition coefficient (Wildman–Crippen LogP) is 4.76. The summed E-state index contributed by atoms with van der Waals surface area (Å²) >= 11 is 0. The molecular formula is C15H14FNOS. The molecule has 0 N–H and O–H groups in total. The summed E-state index contributed by atoms with van der Waals surface area (Å²) in [6, 6.07) is 14.9. The van der Waals surface area contributed by atoms with Gasteiger partial charge in [-0.3, -0.25) is 0 Å². The molecular weight excluding hydrogens is 261 g/mol. The molecule has 0 aliphatic carbocycles. The molecule has 4 heteroatoms. The van der Waals surface area contributed by atoms with E-state index in [9.17, 15) is 8.09 Å². The first-order chi connectivity index (χ1) is 9.00. The molecule has 0 saturated carbocycles. The van der Waals surface area contributed by atoms with Crippen LogP contribution in [-0.2, 0) is 10.1 Å². The summed E-state index contributed by atoms with van der Waals surface area (Å²) < 4.78 is 30.1. The van der Waals surface area contributed by atoms with Crippen molar-refractivity contribution in [2.75, 3.05) is 0 Å². The lowest BCUT2D eigenvalue weighted by Crippen LogP contribution is -1.92. The molecule has 0 aliphatic rings. The molecule has 0 radical (unpaired) electrons. The Morgan fingerprint density at radius 3 is 2.32 bits per heavy atom. The lowest BCUT2D eigenvalue weighted by molar-refractivity contribution is 0.639. The molecule has 98 valence electrons. The van der Waals surface area contributed by atoms with Gasteiger partial charge in [-0.05, 0) is 30.7 Å². The van der Waals surface area contributed by atoms with Gasteiger partial charge in [-0.2, -0.15) is 4.36 Å². The monoisotopic (exact) mass is 275 g/mol. The summed E-state index contributed by atoms with van der Waals surface area (Å²) in [6.07, 6.45) is 0. The summed E-state index contributed by atoms with van der Waals surface area (Å²) in [5.41, 5.74) is 1.80. The van der Waals surface area contributed by atoms with Crippen LogP contribution in [0.4, 0.5) is 9.57 Å². The van der Waals surface area contributed by atoms with E-state index in [4.69, 9.17) is 0 Å². The molecule has 0 amide bonds. The van der Waals surface area contributed by atoms with Crippen LogP contribution in [0.15, 0.2) is 70.4 Å². The van der Waals surface area contributed by atoms with Gasteiger partial charge in [0.25, 0.3) is 0 Å². The highest BCUT2D eigenvalue weighted by Gasteiger charge is 2.12. The molecule has 0 saturated heterocycles. The second kappa shape index (κ2) is 5.36. The van der Waals surface area contributed by atoms with Crippen LogP contribution < -0.4 is 0 Å². The molecule has 1 atom stereocenters. The van der Waals surface area contributed by atoms with E-state index in [-0.39, 0.29) is 4.90 Å². The van der Waals surface area contributed by atoms with Crippen molar-refractivity contribution < 1.29 is 8.09 Å². The van der Waals surface area contributed by atoms with Gasteiger partial charge in [0.1, 0.15) is 0 Å². The molecule has 19 heavy (non-hydrogen) atoms. The number of hydrogen-bond donors (Lipinski definition) is 0. The van der Waals surface area contributed by atoms with Gasteiger partial charge in [0.05, 0.1) is 10.6 Å². The lowest BCUT2D eigenvalue weighted by Gasteiger charge is -2.05. The van der Waals surface area contributed by atoms with Crippen LogP contribution in [0.3, 0.4) is 0 Å². The number of nitrogens with zero attached hydrogens (tertiary/aromatic N) is 1. The van der Waals surface area contributed by atoms with Gasteiger partial charge < -0.3 is 0 Å². The molecule has 0 aliphatic heterocycles. The fourth-order valence-corrected chi connectivity index (χ4v) is 2.69. The van der Waals surface area contributed by atoms with Crippen LogP contribution in [0.5, 0.6) is 0 Å². The Labute approximate surface area is 113 Å². The lowest BCUT2D eigenvalue weighted by atomic mass is 10.1. The second-order valence-corrected chi connectivity index (χ2v) is 5.73. The third kappa shape index (κ3) is 3.09. The van der Waals surface area contributed by atoms with E-state index >= 15 is 0 Å². The standard InChI is InChI=1S/C15H14FNOS/c1-12(2)14-10-6-7-11-15(14)17-19(16,18)13-8-4-3-5-9-13/h3-11H,1H2,2H3. The maximum atomic E-state index is 14.3. The minimum Gasteiger partial charge on any atom is -0.211 e. The first kappa shape index (κ1) is 13.5. The molecule has 0 fully saturated rings. The number of benzene rings is 2. The Morgan fingerprint density at radius 1 is 1.11 bits per heavy atom. The van der Waals surface area contributed by atoms with Gasteiger partial charge in [0.15, 0.2) is 0 Å². The van der Waals surface area contributed by atoms with Gasteiger partial charge in [0, 0.05) is 5.56 Å². The SMILES string of the molecule is C=C(C)c1ccccc1N=S(=O)(F)c1ccccc1. The normalized spacial score (nSPS) is 13.6. The van der Waals surface area contributed by atoms with E-state index in [1.165, 1.54) is 12.1 Å². The van der Waals surface area contributed by atoms with E-state index in [0.717, 1.165) is 5.57 Å². The summed E-state index contributed by atoms with van der Waals surface area (Å²) in [7, 11) is -3.94. The molecule has 0 heterocycles. The minimum absolute atomic E-state index is 0.0755. The van der Waals surface area contributed by atoms with Crippen molar-refractivity contribution in [1.29, 1.82) is 0 Å². The fourth-order valence-electron chi connectivity index (χ4n) is 1.68. The quantitative estimate of drug-likeness (QED) is 0.742. The summed E-state index contributed by atoms with van der Waals surface area (Å²) in [6.45, 7) is 5.62. The highest BCUT2D eigenvalue weighted by Crippen LogP contribution is 2.28. The number of rotatable bonds is 3. The van der Waals surface area contributed by atoms with Crippen LogP contribution >= 0.6 is 0 Å². The van der Waals surface area contributed by atoms with Crippen molar-refractivity contribution in [3.63, 3.8) is 0 Å². The van der Waals surface area contributed by atoms with Crippen molar-refractivity contribution in [2.45, 2.75) is 11.8 Å². The van der Waals surface area contributed by atoms with E-state index in [2.05, 4.69) is 10.9 Å². The highest BCUT2D eigenvalue weighted by molar-refractivity contribution is 7.88. The first-order valence-corrected chi connectivity index (χ1v) is 7.19.